The minimum Gasteiger partial charge on any atom is -0.369 e. The fourth-order valence-corrected chi connectivity index (χ4v) is 3.10. The van der Waals surface area contributed by atoms with Crippen LogP contribution in [0.1, 0.15) is 5.56 Å². The van der Waals surface area contributed by atoms with Gasteiger partial charge in [-0.05, 0) is 6.07 Å². The Morgan fingerprint density at radius 2 is 1.65 bits per heavy atom. The van der Waals surface area contributed by atoms with E-state index in [0.717, 1.165) is 7.05 Å². The maximum absolute atomic E-state index is 12.6. The lowest BCUT2D eigenvalue weighted by molar-refractivity contribution is -0.136. The number of likely N-dealkylation sites (N-methyl/N-ethyl adjacent to an activating group) is 1. The van der Waals surface area contributed by atoms with Gasteiger partial charge in [-0.3, -0.25) is 14.5 Å². The Bertz CT molecular complexity index is 1080. The lowest BCUT2D eigenvalue weighted by atomic mass is 10.0. The molecule has 1 aromatic heterocycles. The maximum Gasteiger partial charge on any atom is 0.534 e. The molecule has 0 fully saturated rings. The molecule has 0 unspecified atom stereocenters. The van der Waals surface area contributed by atoms with E-state index in [4.69, 9.17) is 0 Å². The van der Waals surface area contributed by atoms with Gasteiger partial charge < -0.3 is 8.75 Å². The number of halogens is 3. The highest BCUT2D eigenvalue weighted by atomic mass is 32.2. The molecule has 2 aromatic rings. The van der Waals surface area contributed by atoms with Crippen LogP contribution in [0.3, 0.4) is 0 Å². The molecule has 0 radical (unpaired) electrons. The predicted molar refractivity (Wildman–Crippen MR) is 83.7 cm³/mol. The molecule has 1 aliphatic rings. The summed E-state index contributed by atoms with van der Waals surface area (Å²) in [6, 6.07) is 6.62. The molecule has 3 rings (SSSR count). The molecule has 0 N–H and O–H groups in total. The quantitative estimate of drug-likeness (QED) is 0.454. The number of rotatable bonds is 3. The Hall–Kier alpha value is -2.82. The van der Waals surface area contributed by atoms with Gasteiger partial charge in [0.15, 0.2) is 0 Å². The van der Waals surface area contributed by atoms with Crippen molar-refractivity contribution in [1.82, 2.24) is 9.47 Å². The minimum atomic E-state index is -6.11. The molecule has 0 saturated carbocycles. The normalized spacial score (nSPS) is 16.1. The largest absolute Gasteiger partial charge is 0.534 e. The molecular formula is C15H11F3N2O5S. The highest BCUT2D eigenvalue weighted by Crippen LogP contribution is 2.37. The molecule has 11 heteroatoms. The van der Waals surface area contributed by atoms with Crippen LogP contribution in [0, 0.1) is 0 Å². The van der Waals surface area contributed by atoms with E-state index in [-0.39, 0.29) is 5.56 Å². The summed E-state index contributed by atoms with van der Waals surface area (Å²) in [6.45, 7) is 0. The molecule has 2 amide bonds. The van der Waals surface area contributed by atoms with E-state index in [2.05, 4.69) is 4.18 Å². The van der Waals surface area contributed by atoms with E-state index in [0.29, 0.717) is 15.8 Å². The van der Waals surface area contributed by atoms with Gasteiger partial charge in [-0.2, -0.15) is 21.6 Å². The third kappa shape index (κ3) is 2.55. The molecule has 1 aliphatic heterocycles. The van der Waals surface area contributed by atoms with E-state index in [1.165, 1.54) is 6.20 Å². The number of imide groups is 1. The Kier molecular flexibility index (Phi) is 3.87. The minimum absolute atomic E-state index is 0.0955. The van der Waals surface area contributed by atoms with Crippen LogP contribution < -0.4 is 0 Å². The number of fused-ring (bicyclic) bond motifs is 1. The van der Waals surface area contributed by atoms with Crippen molar-refractivity contribution in [2.24, 2.45) is 7.05 Å². The van der Waals surface area contributed by atoms with Crippen molar-refractivity contribution < 1.29 is 35.4 Å². The van der Waals surface area contributed by atoms with E-state index in [1.807, 2.05) is 0 Å². The molecule has 0 aliphatic carbocycles. The first-order valence-electron chi connectivity index (χ1n) is 7.07. The fraction of sp³-hybridized carbons (Fsp3) is 0.200. The smallest absolute Gasteiger partial charge is 0.369 e. The van der Waals surface area contributed by atoms with Crippen molar-refractivity contribution in [3.63, 3.8) is 0 Å². The van der Waals surface area contributed by atoms with Gasteiger partial charge in [-0.1, -0.05) is 18.2 Å². The highest BCUT2D eigenvalue weighted by molar-refractivity contribution is 7.87. The van der Waals surface area contributed by atoms with E-state index >= 15 is 0 Å². The number of aromatic nitrogens is 1. The van der Waals surface area contributed by atoms with Crippen molar-refractivity contribution in [3.8, 4) is 0 Å². The number of alkyl halides is 3. The second-order valence-corrected chi connectivity index (χ2v) is 7.07. The molecule has 7 nitrogen and oxygen atoms in total. The molecule has 0 spiro atoms. The summed E-state index contributed by atoms with van der Waals surface area (Å²) >= 11 is 0. The highest BCUT2D eigenvalue weighted by Gasteiger charge is 2.52. The second kappa shape index (κ2) is 5.59. The van der Waals surface area contributed by atoms with Gasteiger partial charge in [0.2, 0.25) is 5.76 Å². The molecule has 26 heavy (non-hydrogen) atoms. The monoisotopic (exact) mass is 388 g/mol. The van der Waals surface area contributed by atoms with Gasteiger partial charge in [0, 0.05) is 36.8 Å². The summed E-state index contributed by atoms with van der Waals surface area (Å²) in [4.78, 5) is 25.0. The molecule has 0 bridgehead atoms. The molecule has 138 valence electrons. The van der Waals surface area contributed by atoms with Crippen molar-refractivity contribution in [3.05, 3.63) is 41.8 Å². The fourth-order valence-electron chi connectivity index (χ4n) is 2.63. The number of hydrogen-bond donors (Lipinski definition) is 0. The Morgan fingerprint density at radius 3 is 2.27 bits per heavy atom. The zero-order valence-electron chi connectivity index (χ0n) is 13.4. The molecule has 0 atom stereocenters. The zero-order valence-corrected chi connectivity index (χ0v) is 14.2. The van der Waals surface area contributed by atoms with Crippen molar-refractivity contribution in [1.29, 1.82) is 0 Å². The number of hydrogen-bond acceptors (Lipinski definition) is 5. The first-order chi connectivity index (χ1) is 12.0. The van der Waals surface area contributed by atoms with Crippen molar-refractivity contribution in [2.75, 3.05) is 7.05 Å². The van der Waals surface area contributed by atoms with Crippen molar-refractivity contribution >= 4 is 38.4 Å². The summed E-state index contributed by atoms with van der Waals surface area (Å²) < 4.78 is 66.3. The van der Waals surface area contributed by atoms with Crippen LogP contribution in [-0.4, -0.2) is 42.3 Å². The van der Waals surface area contributed by atoms with Gasteiger partial charge in [0.25, 0.3) is 11.8 Å². The lowest BCUT2D eigenvalue weighted by Crippen LogP contribution is -2.30. The average molecular weight is 388 g/mol. The number of carbonyl (C=O) groups excluding carboxylic acids is 2. The Morgan fingerprint density at radius 1 is 1.04 bits per heavy atom. The van der Waals surface area contributed by atoms with Crippen LogP contribution >= 0.6 is 0 Å². The number of amides is 2. The Labute approximate surface area is 145 Å². The van der Waals surface area contributed by atoms with Crippen molar-refractivity contribution in [2.45, 2.75) is 5.51 Å². The van der Waals surface area contributed by atoms with E-state index in [9.17, 15) is 31.2 Å². The molecular weight excluding hydrogens is 377 g/mol. The zero-order chi connectivity index (χ0) is 19.4. The molecule has 2 heterocycles. The average Bonchev–Trinajstić information content (AvgIpc) is 2.97. The number of benzene rings is 1. The van der Waals surface area contributed by atoms with E-state index < -0.39 is 38.8 Å². The summed E-state index contributed by atoms with van der Waals surface area (Å²) in [5.74, 6) is -3.41. The standard InChI is InChI=1S/C15H11F3N2O5S/c1-19-7-9(8-5-3-4-6-10(8)19)11-12(14(22)20(2)13(11)21)25-26(23,24)15(16,17)18/h3-7H,1-2H3. The Balaban J connectivity index is 2.27. The van der Waals surface area contributed by atoms with Gasteiger partial charge in [-0.15, -0.1) is 0 Å². The number of carbonyl (C=O) groups is 2. The summed E-state index contributed by atoms with van der Waals surface area (Å²) in [7, 11) is -3.46. The summed E-state index contributed by atoms with van der Waals surface area (Å²) in [5, 5.41) is 0.451. The van der Waals surface area contributed by atoms with E-state index in [1.54, 1.807) is 35.9 Å². The van der Waals surface area contributed by atoms with Crippen LogP contribution in [0.4, 0.5) is 13.2 Å². The van der Waals surface area contributed by atoms with Gasteiger partial charge in [-0.25, -0.2) is 0 Å². The number of aryl methyl sites for hydroxylation is 1. The van der Waals surface area contributed by atoms with Crippen LogP contribution in [0.25, 0.3) is 16.5 Å². The first-order valence-corrected chi connectivity index (χ1v) is 8.48. The predicted octanol–water partition coefficient (Wildman–Crippen LogP) is 1.75. The van der Waals surface area contributed by atoms with Gasteiger partial charge >= 0.3 is 15.6 Å². The SMILES string of the molecule is CN1C(=O)C(OS(=O)(=O)C(F)(F)F)=C(c2cn(C)c3ccccc23)C1=O. The second-order valence-electron chi connectivity index (χ2n) is 5.53. The lowest BCUT2D eigenvalue weighted by Gasteiger charge is -2.10. The van der Waals surface area contributed by atoms with Crippen LogP contribution in [0.2, 0.25) is 0 Å². The topological polar surface area (TPSA) is 85.7 Å². The number of nitrogens with zero attached hydrogens (tertiary/aromatic N) is 2. The maximum atomic E-state index is 12.6. The first kappa shape index (κ1) is 18.0. The molecule has 1 aromatic carbocycles. The number of para-hydroxylation sites is 1. The van der Waals surface area contributed by atoms with Crippen LogP contribution in [-0.2, 0) is 30.9 Å². The third-order valence-corrected chi connectivity index (χ3v) is 4.84. The van der Waals surface area contributed by atoms with Crippen LogP contribution in [0.15, 0.2) is 36.2 Å². The van der Waals surface area contributed by atoms with Gasteiger partial charge in [0.1, 0.15) is 0 Å². The van der Waals surface area contributed by atoms with Crippen LogP contribution in [0.5, 0.6) is 0 Å². The van der Waals surface area contributed by atoms with Gasteiger partial charge in [0.05, 0.1) is 5.57 Å². The summed E-state index contributed by atoms with van der Waals surface area (Å²) in [5.41, 5.74) is -5.56. The third-order valence-electron chi connectivity index (χ3n) is 3.89. The molecule has 0 saturated heterocycles. The summed E-state index contributed by atoms with van der Waals surface area (Å²) in [6.07, 6.45) is 1.41.